The summed E-state index contributed by atoms with van der Waals surface area (Å²) < 4.78 is 10.2. The second-order valence-electron chi connectivity index (χ2n) is 4.25. The smallest absolute Gasteiger partial charge is 0.227 e. The van der Waals surface area contributed by atoms with Gasteiger partial charge in [-0.3, -0.25) is 0 Å². The van der Waals surface area contributed by atoms with E-state index in [9.17, 15) is 0 Å². The van der Waals surface area contributed by atoms with Crippen LogP contribution < -0.4 is 10.1 Å². The Morgan fingerprint density at radius 2 is 2.15 bits per heavy atom. The normalized spacial score (nSPS) is 10.2. The van der Waals surface area contributed by atoms with Crippen LogP contribution in [0.4, 0.5) is 0 Å². The second kappa shape index (κ2) is 7.26. The maximum atomic E-state index is 8.42. The van der Waals surface area contributed by atoms with Crippen LogP contribution in [-0.2, 0) is 13.0 Å². The summed E-state index contributed by atoms with van der Waals surface area (Å²) in [6.07, 6.45) is 0.713. The molecule has 6 nitrogen and oxygen atoms in total. The third kappa shape index (κ3) is 4.37. The number of rotatable bonds is 7. The minimum absolute atomic E-state index is 0.0706. The molecule has 0 fully saturated rings. The molecule has 1 aromatic carbocycles. The highest BCUT2D eigenvalue weighted by Gasteiger charge is 2.01. The molecule has 20 heavy (non-hydrogen) atoms. The average molecular weight is 272 g/mol. The first-order valence-corrected chi connectivity index (χ1v) is 6.36. The summed E-state index contributed by atoms with van der Waals surface area (Å²) in [6, 6.07) is 9.59. The van der Waals surface area contributed by atoms with Gasteiger partial charge in [0.25, 0.3) is 0 Å². The van der Waals surface area contributed by atoms with Gasteiger partial charge in [-0.2, -0.15) is 10.2 Å². The van der Waals surface area contributed by atoms with E-state index in [0.29, 0.717) is 23.9 Å². The lowest BCUT2D eigenvalue weighted by Gasteiger charge is -2.05. The summed E-state index contributed by atoms with van der Waals surface area (Å²) in [5, 5.41) is 15.5. The third-order valence-electron chi connectivity index (χ3n) is 2.64. The molecular formula is C14H16N4O2. The summed E-state index contributed by atoms with van der Waals surface area (Å²) in [6.45, 7) is 3.40. The molecule has 0 bridgehead atoms. The maximum Gasteiger partial charge on any atom is 0.227 e. The lowest BCUT2D eigenvalue weighted by atomic mass is 10.2. The predicted octanol–water partition coefficient (Wildman–Crippen LogP) is 1.61. The molecule has 0 saturated heterocycles. The lowest BCUT2D eigenvalue weighted by Crippen LogP contribution is -2.16. The molecule has 0 unspecified atom stereocenters. The Kier molecular flexibility index (Phi) is 5.09. The SMILES string of the molecule is Cc1noc(CCNCc2ccc(OCC#N)cc2)n1. The van der Waals surface area contributed by atoms with E-state index in [1.165, 1.54) is 0 Å². The highest BCUT2D eigenvalue weighted by Crippen LogP contribution is 2.11. The van der Waals surface area contributed by atoms with Crippen LogP contribution in [0.5, 0.6) is 5.75 Å². The van der Waals surface area contributed by atoms with E-state index in [2.05, 4.69) is 15.5 Å². The molecule has 2 rings (SSSR count). The fourth-order valence-corrected chi connectivity index (χ4v) is 1.69. The van der Waals surface area contributed by atoms with Crippen LogP contribution in [0.3, 0.4) is 0 Å². The van der Waals surface area contributed by atoms with Gasteiger partial charge in [0.05, 0.1) is 0 Å². The number of aromatic nitrogens is 2. The minimum Gasteiger partial charge on any atom is -0.479 e. The van der Waals surface area contributed by atoms with E-state index in [-0.39, 0.29) is 6.61 Å². The standard InChI is InChI=1S/C14H16N4O2/c1-11-17-14(20-18-11)6-8-16-10-12-2-4-13(5-3-12)19-9-7-15/h2-5,16H,6,8-10H2,1H3. The number of aryl methyl sites for hydroxylation is 1. The van der Waals surface area contributed by atoms with E-state index in [4.69, 9.17) is 14.5 Å². The Hall–Kier alpha value is -2.39. The first kappa shape index (κ1) is 14.0. The van der Waals surface area contributed by atoms with Crippen molar-refractivity contribution in [2.75, 3.05) is 13.2 Å². The Morgan fingerprint density at radius 1 is 1.35 bits per heavy atom. The molecule has 1 N–H and O–H groups in total. The molecule has 1 heterocycles. The molecule has 0 saturated carbocycles. The Morgan fingerprint density at radius 3 is 2.80 bits per heavy atom. The van der Waals surface area contributed by atoms with Crippen molar-refractivity contribution in [3.05, 3.63) is 41.5 Å². The fraction of sp³-hybridized carbons (Fsp3) is 0.357. The largest absolute Gasteiger partial charge is 0.479 e. The summed E-state index contributed by atoms with van der Waals surface area (Å²) in [7, 11) is 0. The van der Waals surface area contributed by atoms with Crippen molar-refractivity contribution < 1.29 is 9.26 Å². The molecule has 0 aliphatic heterocycles. The Balaban J connectivity index is 1.70. The monoisotopic (exact) mass is 272 g/mol. The molecule has 0 aliphatic rings. The van der Waals surface area contributed by atoms with Gasteiger partial charge in [-0.05, 0) is 24.6 Å². The number of nitrogens with zero attached hydrogens (tertiary/aromatic N) is 3. The molecule has 6 heteroatoms. The van der Waals surface area contributed by atoms with Gasteiger partial charge in [0.2, 0.25) is 5.89 Å². The van der Waals surface area contributed by atoms with Crippen LogP contribution in [0.1, 0.15) is 17.3 Å². The fourth-order valence-electron chi connectivity index (χ4n) is 1.69. The number of benzene rings is 1. The van der Waals surface area contributed by atoms with Crippen LogP contribution >= 0.6 is 0 Å². The van der Waals surface area contributed by atoms with Gasteiger partial charge in [-0.25, -0.2) is 0 Å². The molecule has 0 amide bonds. The van der Waals surface area contributed by atoms with Crippen LogP contribution in [0.25, 0.3) is 0 Å². The van der Waals surface area contributed by atoms with Crippen molar-refractivity contribution >= 4 is 0 Å². The van der Waals surface area contributed by atoms with E-state index in [1.807, 2.05) is 30.3 Å². The van der Waals surface area contributed by atoms with Gasteiger partial charge in [0.15, 0.2) is 12.4 Å². The van der Waals surface area contributed by atoms with Gasteiger partial charge in [-0.15, -0.1) is 0 Å². The van der Waals surface area contributed by atoms with Crippen molar-refractivity contribution in [3.63, 3.8) is 0 Å². The van der Waals surface area contributed by atoms with E-state index < -0.39 is 0 Å². The summed E-state index contributed by atoms with van der Waals surface area (Å²) in [5.74, 6) is 2.01. The van der Waals surface area contributed by atoms with Gasteiger partial charge in [-0.1, -0.05) is 17.3 Å². The molecule has 0 spiro atoms. The van der Waals surface area contributed by atoms with Crippen LogP contribution in [0.15, 0.2) is 28.8 Å². The molecule has 0 radical (unpaired) electrons. The topological polar surface area (TPSA) is 84.0 Å². The molecular weight excluding hydrogens is 256 g/mol. The van der Waals surface area contributed by atoms with Crippen molar-refractivity contribution in [2.24, 2.45) is 0 Å². The number of nitriles is 1. The van der Waals surface area contributed by atoms with E-state index >= 15 is 0 Å². The van der Waals surface area contributed by atoms with Crippen LogP contribution in [0.2, 0.25) is 0 Å². The summed E-state index contributed by atoms with van der Waals surface area (Å²) in [4.78, 5) is 4.13. The van der Waals surface area contributed by atoms with Crippen LogP contribution in [0, 0.1) is 18.3 Å². The minimum atomic E-state index is 0.0706. The molecule has 1 aromatic heterocycles. The highest BCUT2D eigenvalue weighted by atomic mass is 16.5. The van der Waals surface area contributed by atoms with Gasteiger partial charge in [0.1, 0.15) is 11.8 Å². The number of hydrogen-bond acceptors (Lipinski definition) is 6. The zero-order valence-electron chi connectivity index (χ0n) is 11.3. The van der Waals surface area contributed by atoms with Gasteiger partial charge in [0, 0.05) is 19.5 Å². The van der Waals surface area contributed by atoms with Crippen molar-refractivity contribution in [3.8, 4) is 11.8 Å². The number of nitrogens with one attached hydrogen (secondary N) is 1. The van der Waals surface area contributed by atoms with Gasteiger partial charge < -0.3 is 14.6 Å². The van der Waals surface area contributed by atoms with Crippen LogP contribution in [-0.4, -0.2) is 23.3 Å². The highest BCUT2D eigenvalue weighted by molar-refractivity contribution is 5.27. The number of ether oxygens (including phenoxy) is 1. The number of hydrogen-bond donors (Lipinski definition) is 1. The van der Waals surface area contributed by atoms with Gasteiger partial charge >= 0.3 is 0 Å². The quantitative estimate of drug-likeness (QED) is 0.771. The van der Waals surface area contributed by atoms with E-state index in [0.717, 1.165) is 18.7 Å². The zero-order chi connectivity index (χ0) is 14.2. The lowest BCUT2D eigenvalue weighted by molar-refractivity contribution is 0.368. The van der Waals surface area contributed by atoms with Crippen molar-refractivity contribution in [1.82, 2.24) is 15.5 Å². The van der Waals surface area contributed by atoms with Crippen molar-refractivity contribution in [1.29, 1.82) is 5.26 Å². The predicted molar refractivity (Wildman–Crippen MR) is 72.0 cm³/mol. The van der Waals surface area contributed by atoms with Crippen molar-refractivity contribution in [2.45, 2.75) is 19.9 Å². The molecule has 0 aliphatic carbocycles. The average Bonchev–Trinajstić information content (AvgIpc) is 2.88. The van der Waals surface area contributed by atoms with E-state index in [1.54, 1.807) is 6.92 Å². The first-order valence-electron chi connectivity index (χ1n) is 6.36. The molecule has 0 atom stereocenters. The molecule has 2 aromatic rings. The second-order valence-corrected chi connectivity index (χ2v) is 4.25. The summed E-state index contributed by atoms with van der Waals surface area (Å²) in [5.41, 5.74) is 1.15. The Bertz CT molecular complexity index is 572. The molecule has 104 valence electrons. The zero-order valence-corrected chi connectivity index (χ0v) is 11.3. The third-order valence-corrected chi connectivity index (χ3v) is 2.64. The first-order chi connectivity index (χ1) is 9.78. The maximum absolute atomic E-state index is 8.42. The Labute approximate surface area is 117 Å². The summed E-state index contributed by atoms with van der Waals surface area (Å²) >= 11 is 0.